The standard InChI is InChI=1S/C17H24N4.C15H20N2O4/c1-14-7-15(10-18)9-17(8-14)20-12-16(11-19-2)13-21-5-3-4-6-21;1-16-15(21)14(4-3-7-18)17(2)9-12-8-13(20)6-5-11(12)10-19/h7-9,12,19-20H,3-6,11,13H2,1-2H3;5-8,10,14,20H,3-4,9H2,1-2H3,(H,16,21)/b16-12+;. The zero-order chi connectivity index (χ0) is 30.9. The highest BCUT2D eigenvalue weighted by molar-refractivity contribution is 5.82. The zero-order valence-electron chi connectivity index (χ0n) is 25.2. The Morgan fingerprint density at radius 2 is 1.90 bits per heavy atom. The molecule has 0 radical (unpaired) electrons. The second-order valence-corrected chi connectivity index (χ2v) is 10.5. The van der Waals surface area contributed by atoms with E-state index in [0.717, 1.165) is 30.6 Å². The maximum absolute atomic E-state index is 11.9. The summed E-state index contributed by atoms with van der Waals surface area (Å²) in [6, 6.07) is 12.0. The number of nitriles is 1. The van der Waals surface area contributed by atoms with Crippen molar-refractivity contribution in [3.8, 4) is 11.8 Å². The number of benzene rings is 2. The third-order valence-corrected chi connectivity index (χ3v) is 6.99. The van der Waals surface area contributed by atoms with Crippen molar-refractivity contribution in [3.63, 3.8) is 0 Å². The van der Waals surface area contributed by atoms with Gasteiger partial charge in [0.2, 0.25) is 5.91 Å². The first-order valence-electron chi connectivity index (χ1n) is 14.2. The van der Waals surface area contributed by atoms with E-state index in [1.54, 1.807) is 11.9 Å². The molecule has 226 valence electrons. The topological polar surface area (TPSA) is 138 Å². The second-order valence-electron chi connectivity index (χ2n) is 10.5. The minimum absolute atomic E-state index is 0.0633. The number of aromatic hydroxyl groups is 1. The molecule has 1 unspecified atom stereocenters. The summed E-state index contributed by atoms with van der Waals surface area (Å²) in [6.07, 6.45) is 6.86. The van der Waals surface area contributed by atoms with Gasteiger partial charge in [0.1, 0.15) is 18.3 Å². The minimum atomic E-state index is -0.470. The molecule has 1 heterocycles. The van der Waals surface area contributed by atoms with Crippen molar-refractivity contribution in [2.75, 3.05) is 52.6 Å². The average molecular weight is 577 g/mol. The van der Waals surface area contributed by atoms with Gasteiger partial charge in [-0.05, 0) is 106 Å². The molecule has 0 saturated carbocycles. The quantitative estimate of drug-likeness (QED) is 0.250. The molecule has 1 fully saturated rings. The number of phenolic OH excluding ortho intramolecular Hbond substituents is 1. The van der Waals surface area contributed by atoms with Crippen LogP contribution in [0, 0.1) is 18.3 Å². The van der Waals surface area contributed by atoms with E-state index in [4.69, 9.17) is 5.26 Å². The number of anilines is 1. The van der Waals surface area contributed by atoms with Crippen molar-refractivity contribution >= 4 is 24.2 Å². The molecule has 0 spiro atoms. The molecule has 10 heteroatoms. The van der Waals surface area contributed by atoms with E-state index in [9.17, 15) is 19.5 Å². The van der Waals surface area contributed by atoms with E-state index in [0.29, 0.717) is 35.9 Å². The third-order valence-electron chi connectivity index (χ3n) is 6.99. The summed E-state index contributed by atoms with van der Waals surface area (Å²) >= 11 is 0. The van der Waals surface area contributed by atoms with Crippen molar-refractivity contribution < 1.29 is 19.5 Å². The third kappa shape index (κ3) is 11.4. The summed E-state index contributed by atoms with van der Waals surface area (Å²) in [5, 5.41) is 27.7. The van der Waals surface area contributed by atoms with E-state index >= 15 is 0 Å². The normalized spacial score (nSPS) is 14.0. The lowest BCUT2D eigenvalue weighted by molar-refractivity contribution is -0.126. The predicted molar refractivity (Wildman–Crippen MR) is 165 cm³/mol. The average Bonchev–Trinajstić information content (AvgIpc) is 3.49. The van der Waals surface area contributed by atoms with Gasteiger partial charge in [0.05, 0.1) is 17.7 Å². The molecule has 3 rings (SSSR count). The van der Waals surface area contributed by atoms with Crippen LogP contribution >= 0.6 is 0 Å². The lowest BCUT2D eigenvalue weighted by Gasteiger charge is -2.26. The summed E-state index contributed by atoms with van der Waals surface area (Å²) in [4.78, 5) is 37.7. The molecular weight excluding hydrogens is 532 g/mol. The lowest BCUT2D eigenvalue weighted by Crippen LogP contribution is -2.43. The van der Waals surface area contributed by atoms with E-state index in [1.807, 2.05) is 26.1 Å². The smallest absolute Gasteiger partial charge is 0.237 e. The number of phenols is 1. The van der Waals surface area contributed by atoms with Gasteiger partial charge < -0.3 is 25.9 Å². The van der Waals surface area contributed by atoms with Gasteiger partial charge in [-0.3, -0.25) is 19.4 Å². The largest absolute Gasteiger partial charge is 0.508 e. The number of rotatable bonds is 14. The number of amides is 1. The van der Waals surface area contributed by atoms with E-state index in [-0.39, 0.29) is 18.1 Å². The van der Waals surface area contributed by atoms with Crippen LogP contribution in [0.3, 0.4) is 0 Å². The number of likely N-dealkylation sites (tertiary alicyclic amines) is 1. The van der Waals surface area contributed by atoms with Crippen LogP contribution in [0.25, 0.3) is 0 Å². The van der Waals surface area contributed by atoms with Crippen LogP contribution < -0.4 is 16.0 Å². The lowest BCUT2D eigenvalue weighted by atomic mass is 10.0. The van der Waals surface area contributed by atoms with Crippen molar-refractivity contribution in [2.24, 2.45) is 0 Å². The van der Waals surface area contributed by atoms with Crippen molar-refractivity contribution in [3.05, 3.63) is 70.4 Å². The van der Waals surface area contributed by atoms with Crippen LogP contribution in [0.1, 0.15) is 52.7 Å². The SMILES string of the molecule is CNC(=O)C(CCC=O)N(C)Cc1cc(O)ccc1C=O.CNC/C(=C\Nc1cc(C)cc(C#N)c1)CN1CCCC1. The van der Waals surface area contributed by atoms with Gasteiger partial charge in [-0.25, -0.2) is 0 Å². The van der Waals surface area contributed by atoms with Gasteiger partial charge in [-0.15, -0.1) is 0 Å². The molecule has 1 saturated heterocycles. The van der Waals surface area contributed by atoms with Crippen LogP contribution in [0.4, 0.5) is 5.69 Å². The monoisotopic (exact) mass is 576 g/mol. The van der Waals surface area contributed by atoms with Crippen molar-refractivity contribution in [2.45, 2.75) is 45.2 Å². The number of carbonyl (C=O) groups excluding carboxylic acids is 3. The molecule has 10 nitrogen and oxygen atoms in total. The highest BCUT2D eigenvalue weighted by Gasteiger charge is 2.22. The number of aldehydes is 2. The Morgan fingerprint density at radius 3 is 2.52 bits per heavy atom. The molecule has 42 heavy (non-hydrogen) atoms. The number of aryl methyl sites for hydroxylation is 1. The fourth-order valence-corrected chi connectivity index (χ4v) is 4.89. The molecule has 1 aliphatic heterocycles. The van der Waals surface area contributed by atoms with Crippen molar-refractivity contribution in [1.82, 2.24) is 20.4 Å². The minimum Gasteiger partial charge on any atom is -0.508 e. The van der Waals surface area contributed by atoms with Gasteiger partial charge in [0.25, 0.3) is 0 Å². The van der Waals surface area contributed by atoms with Gasteiger partial charge in [0, 0.05) is 50.6 Å². The Kier molecular flexibility index (Phi) is 15.0. The first-order valence-corrected chi connectivity index (χ1v) is 14.2. The van der Waals surface area contributed by atoms with E-state index in [1.165, 1.54) is 56.8 Å². The van der Waals surface area contributed by atoms with Crippen LogP contribution in [0.5, 0.6) is 5.75 Å². The Hall–Kier alpha value is -4.04. The van der Waals surface area contributed by atoms with Crippen LogP contribution in [0.15, 0.2) is 48.2 Å². The molecular formula is C32H44N6O4. The maximum atomic E-state index is 11.9. The predicted octanol–water partition coefficient (Wildman–Crippen LogP) is 3.21. The molecule has 0 aromatic heterocycles. The number of hydrogen-bond acceptors (Lipinski definition) is 9. The maximum Gasteiger partial charge on any atom is 0.237 e. The van der Waals surface area contributed by atoms with Gasteiger partial charge in [0.15, 0.2) is 0 Å². The highest BCUT2D eigenvalue weighted by atomic mass is 16.3. The summed E-state index contributed by atoms with van der Waals surface area (Å²) in [7, 11) is 5.25. The van der Waals surface area contributed by atoms with Gasteiger partial charge in [-0.1, -0.05) is 0 Å². The van der Waals surface area contributed by atoms with E-state index in [2.05, 4.69) is 39.2 Å². The fraction of sp³-hybridized carbons (Fsp3) is 0.438. The number of likely N-dealkylation sites (N-methyl/N-ethyl adjacent to an activating group) is 3. The van der Waals surface area contributed by atoms with Crippen LogP contribution in [0.2, 0.25) is 0 Å². The summed E-state index contributed by atoms with van der Waals surface area (Å²) in [5.74, 6) is -0.124. The molecule has 1 aliphatic rings. The van der Waals surface area contributed by atoms with Gasteiger partial charge in [-0.2, -0.15) is 5.26 Å². The Morgan fingerprint density at radius 1 is 1.17 bits per heavy atom. The first kappa shape index (κ1) is 34.2. The summed E-state index contributed by atoms with van der Waals surface area (Å²) in [5.41, 5.74) is 5.19. The fourth-order valence-electron chi connectivity index (χ4n) is 4.89. The number of hydrogen-bond donors (Lipinski definition) is 4. The highest BCUT2D eigenvalue weighted by Crippen LogP contribution is 2.19. The van der Waals surface area contributed by atoms with Crippen molar-refractivity contribution in [1.29, 1.82) is 5.26 Å². The Balaban J connectivity index is 0.000000293. The molecule has 2 aromatic carbocycles. The number of carbonyl (C=O) groups is 3. The molecule has 4 N–H and O–H groups in total. The summed E-state index contributed by atoms with van der Waals surface area (Å²) < 4.78 is 0. The zero-order valence-corrected chi connectivity index (χ0v) is 25.2. The second kappa shape index (κ2) is 18.4. The molecule has 1 atom stereocenters. The molecule has 0 aliphatic carbocycles. The van der Waals surface area contributed by atoms with Gasteiger partial charge >= 0.3 is 0 Å². The van der Waals surface area contributed by atoms with E-state index < -0.39 is 6.04 Å². The van der Waals surface area contributed by atoms with Crippen LogP contribution in [-0.2, 0) is 16.1 Å². The Labute approximate surface area is 249 Å². The molecule has 1 amide bonds. The first-order chi connectivity index (χ1) is 20.2. The number of nitrogens with one attached hydrogen (secondary N) is 3. The number of nitrogens with zero attached hydrogens (tertiary/aromatic N) is 3. The molecule has 2 aromatic rings. The summed E-state index contributed by atoms with van der Waals surface area (Å²) in [6.45, 7) is 6.60. The van der Waals surface area contributed by atoms with Crippen LogP contribution in [-0.4, -0.2) is 86.7 Å². The molecule has 0 bridgehead atoms. The Bertz CT molecular complexity index is 1250.